The van der Waals surface area contributed by atoms with Crippen molar-refractivity contribution in [1.82, 2.24) is 20.2 Å². The summed E-state index contributed by atoms with van der Waals surface area (Å²) in [6.45, 7) is 4.82. The number of likely N-dealkylation sites (tertiary alicyclic amines) is 1. The van der Waals surface area contributed by atoms with E-state index in [1.807, 2.05) is 13.0 Å². The number of aryl methyl sites for hydroxylation is 1. The molecule has 2 aliphatic rings. The van der Waals surface area contributed by atoms with E-state index in [0.717, 1.165) is 59.9 Å². The van der Waals surface area contributed by atoms with E-state index in [9.17, 15) is 9.18 Å². The number of carbonyl (C=O) groups is 1. The number of nitrogens with one attached hydrogen (secondary N) is 3. The summed E-state index contributed by atoms with van der Waals surface area (Å²) < 4.78 is 15.8. The first-order chi connectivity index (χ1) is 15.4. The molecule has 0 aliphatic carbocycles. The number of anilines is 3. The van der Waals surface area contributed by atoms with Crippen molar-refractivity contribution in [2.24, 2.45) is 0 Å². The number of nitrogens with zero attached hydrogens (tertiary/aromatic N) is 3. The Balaban J connectivity index is 1.51. The topological polar surface area (TPSA) is 82.2 Å². The van der Waals surface area contributed by atoms with Crippen LogP contribution in [0.4, 0.5) is 21.8 Å². The number of amides is 1. The highest BCUT2D eigenvalue weighted by Gasteiger charge is 2.23. The SMILES string of the molecule is Cc1cc(Nc2ncc(I)c(NC3CCCCNC3=O)n2)c(F)cc1C1CCN(C)CC1. The van der Waals surface area contributed by atoms with E-state index >= 15 is 0 Å². The van der Waals surface area contributed by atoms with Crippen LogP contribution in [0.1, 0.15) is 49.1 Å². The molecule has 2 saturated heterocycles. The van der Waals surface area contributed by atoms with Gasteiger partial charge in [-0.15, -0.1) is 0 Å². The summed E-state index contributed by atoms with van der Waals surface area (Å²) in [6, 6.07) is 3.17. The van der Waals surface area contributed by atoms with Gasteiger partial charge in [0.1, 0.15) is 17.7 Å². The van der Waals surface area contributed by atoms with Crippen molar-refractivity contribution in [1.29, 1.82) is 0 Å². The van der Waals surface area contributed by atoms with Gasteiger partial charge in [-0.05, 0) is 111 Å². The van der Waals surface area contributed by atoms with Gasteiger partial charge in [0.05, 0.1) is 9.26 Å². The van der Waals surface area contributed by atoms with Gasteiger partial charge in [0.2, 0.25) is 11.9 Å². The average Bonchev–Trinajstić information content (AvgIpc) is 2.97. The van der Waals surface area contributed by atoms with E-state index in [0.29, 0.717) is 29.9 Å². The molecule has 1 atom stereocenters. The zero-order valence-corrected chi connectivity index (χ0v) is 20.7. The minimum atomic E-state index is -0.332. The zero-order chi connectivity index (χ0) is 22.7. The lowest BCUT2D eigenvalue weighted by Crippen LogP contribution is -2.38. The molecule has 0 bridgehead atoms. The lowest BCUT2D eigenvalue weighted by atomic mass is 9.86. The Hall–Kier alpha value is -2.01. The summed E-state index contributed by atoms with van der Waals surface area (Å²) in [4.78, 5) is 23.4. The van der Waals surface area contributed by atoms with Crippen LogP contribution in [-0.4, -0.2) is 53.5 Å². The van der Waals surface area contributed by atoms with Crippen LogP contribution in [0.3, 0.4) is 0 Å². The largest absolute Gasteiger partial charge is 0.357 e. The van der Waals surface area contributed by atoms with Crippen LogP contribution >= 0.6 is 22.6 Å². The molecule has 1 amide bonds. The van der Waals surface area contributed by atoms with Crippen molar-refractivity contribution in [3.05, 3.63) is 38.8 Å². The number of halogens is 2. The highest BCUT2D eigenvalue weighted by atomic mass is 127. The van der Waals surface area contributed by atoms with Crippen molar-refractivity contribution in [2.45, 2.75) is 51.0 Å². The summed E-state index contributed by atoms with van der Waals surface area (Å²) in [6.07, 6.45) is 6.47. The summed E-state index contributed by atoms with van der Waals surface area (Å²) in [5.41, 5.74) is 2.52. The Morgan fingerprint density at radius 3 is 2.78 bits per heavy atom. The minimum absolute atomic E-state index is 0.0161. The maximum absolute atomic E-state index is 15.0. The molecule has 2 aliphatic heterocycles. The maximum atomic E-state index is 15.0. The van der Waals surface area contributed by atoms with Crippen molar-refractivity contribution in [2.75, 3.05) is 37.3 Å². The molecule has 3 N–H and O–H groups in total. The van der Waals surface area contributed by atoms with E-state index in [1.54, 1.807) is 12.3 Å². The van der Waals surface area contributed by atoms with Gasteiger partial charge in [0.15, 0.2) is 0 Å². The Morgan fingerprint density at radius 2 is 2.00 bits per heavy atom. The molecule has 3 heterocycles. The van der Waals surface area contributed by atoms with Gasteiger partial charge in [0.25, 0.3) is 0 Å². The van der Waals surface area contributed by atoms with Crippen LogP contribution in [0.5, 0.6) is 0 Å². The molecular weight excluding hydrogens is 522 g/mol. The number of aromatic nitrogens is 2. The van der Waals surface area contributed by atoms with Crippen molar-refractivity contribution < 1.29 is 9.18 Å². The van der Waals surface area contributed by atoms with Crippen LogP contribution in [0.2, 0.25) is 0 Å². The zero-order valence-electron chi connectivity index (χ0n) is 18.5. The number of piperidine rings is 1. The van der Waals surface area contributed by atoms with E-state index in [-0.39, 0.29) is 17.8 Å². The first-order valence-corrected chi connectivity index (χ1v) is 12.3. The predicted molar refractivity (Wildman–Crippen MR) is 133 cm³/mol. The summed E-state index contributed by atoms with van der Waals surface area (Å²) in [5, 5.41) is 9.19. The molecule has 1 aromatic heterocycles. The fourth-order valence-corrected chi connectivity index (χ4v) is 4.86. The van der Waals surface area contributed by atoms with Gasteiger partial charge in [-0.25, -0.2) is 9.37 Å². The smallest absolute Gasteiger partial charge is 0.242 e. The second kappa shape index (κ2) is 10.3. The highest BCUT2D eigenvalue weighted by Crippen LogP contribution is 2.33. The van der Waals surface area contributed by atoms with Crippen molar-refractivity contribution in [3.63, 3.8) is 0 Å². The number of benzene rings is 1. The molecule has 0 radical (unpaired) electrons. The Morgan fingerprint density at radius 1 is 1.22 bits per heavy atom. The molecule has 1 aromatic carbocycles. The van der Waals surface area contributed by atoms with Gasteiger partial charge in [-0.2, -0.15) is 4.98 Å². The van der Waals surface area contributed by atoms with E-state index < -0.39 is 0 Å². The van der Waals surface area contributed by atoms with E-state index in [2.05, 4.69) is 60.5 Å². The third-order valence-electron chi connectivity index (χ3n) is 6.35. The Labute approximate surface area is 202 Å². The summed E-state index contributed by atoms with van der Waals surface area (Å²) in [5.74, 6) is 0.949. The van der Waals surface area contributed by atoms with Crippen molar-refractivity contribution in [3.8, 4) is 0 Å². The molecule has 2 aromatic rings. The van der Waals surface area contributed by atoms with Crippen LogP contribution < -0.4 is 16.0 Å². The van der Waals surface area contributed by atoms with Crippen LogP contribution in [0.25, 0.3) is 0 Å². The second-order valence-electron chi connectivity index (χ2n) is 8.77. The third kappa shape index (κ3) is 5.48. The lowest BCUT2D eigenvalue weighted by molar-refractivity contribution is -0.121. The number of hydrogen-bond acceptors (Lipinski definition) is 6. The monoisotopic (exact) mass is 552 g/mol. The normalized spacial score (nSPS) is 20.5. The average molecular weight is 552 g/mol. The number of carbonyl (C=O) groups excluding carboxylic acids is 1. The second-order valence-corrected chi connectivity index (χ2v) is 9.93. The minimum Gasteiger partial charge on any atom is -0.357 e. The molecule has 0 spiro atoms. The van der Waals surface area contributed by atoms with Gasteiger partial charge in [-0.3, -0.25) is 4.79 Å². The molecule has 9 heteroatoms. The molecule has 0 saturated carbocycles. The van der Waals surface area contributed by atoms with Gasteiger partial charge in [0, 0.05) is 12.7 Å². The Kier molecular flexibility index (Phi) is 7.44. The molecule has 2 fully saturated rings. The molecule has 172 valence electrons. The molecule has 7 nitrogen and oxygen atoms in total. The third-order valence-corrected chi connectivity index (χ3v) is 7.14. The molecule has 1 unspecified atom stereocenters. The van der Waals surface area contributed by atoms with E-state index in [1.165, 1.54) is 0 Å². The Bertz CT molecular complexity index is 979. The summed E-state index contributed by atoms with van der Waals surface area (Å²) >= 11 is 2.14. The molecular formula is C23H30FIN6O. The highest BCUT2D eigenvalue weighted by molar-refractivity contribution is 14.1. The molecule has 32 heavy (non-hydrogen) atoms. The fraction of sp³-hybridized carbons (Fsp3) is 0.522. The fourth-order valence-electron chi connectivity index (χ4n) is 4.44. The summed E-state index contributed by atoms with van der Waals surface area (Å²) in [7, 11) is 2.13. The maximum Gasteiger partial charge on any atom is 0.242 e. The van der Waals surface area contributed by atoms with Crippen LogP contribution in [0, 0.1) is 16.3 Å². The first-order valence-electron chi connectivity index (χ1n) is 11.2. The van der Waals surface area contributed by atoms with Crippen LogP contribution in [0.15, 0.2) is 18.3 Å². The predicted octanol–water partition coefficient (Wildman–Crippen LogP) is 4.16. The van der Waals surface area contributed by atoms with Gasteiger partial charge < -0.3 is 20.9 Å². The standard InChI is InChI=1S/C23H30FIN6O/c1-14-11-20(17(24)12-16(14)15-6-9-31(2)10-7-15)29-23-27-13-18(25)21(30-23)28-19-5-3-4-8-26-22(19)32/h11-13,15,19H,3-10H2,1-2H3,(H,26,32)(H2,27,28,29,30). The molecule has 4 rings (SSSR count). The van der Waals surface area contributed by atoms with E-state index in [4.69, 9.17) is 0 Å². The lowest BCUT2D eigenvalue weighted by Gasteiger charge is -2.30. The first kappa shape index (κ1) is 23.2. The quantitative estimate of drug-likeness (QED) is 0.484. The number of rotatable bonds is 5. The number of hydrogen-bond donors (Lipinski definition) is 3. The van der Waals surface area contributed by atoms with Crippen LogP contribution in [-0.2, 0) is 4.79 Å². The van der Waals surface area contributed by atoms with Gasteiger partial charge >= 0.3 is 0 Å². The van der Waals surface area contributed by atoms with Crippen molar-refractivity contribution >= 4 is 46.0 Å². The van der Waals surface area contributed by atoms with Gasteiger partial charge in [-0.1, -0.05) is 0 Å².